The van der Waals surface area contributed by atoms with E-state index >= 15 is 0 Å². The lowest BCUT2D eigenvalue weighted by molar-refractivity contribution is -0.159. The largest absolute Gasteiger partial charge is 0.471 e. The standard InChI is InChI=1S/C10H14F3N3O2/c1-9(14,5-17-6-3-2-4-6)7-15-8(18-16-7)10(11,12)13/h6H,2-5,14H2,1H3. The van der Waals surface area contributed by atoms with E-state index < -0.39 is 17.6 Å². The van der Waals surface area contributed by atoms with E-state index in [9.17, 15) is 13.2 Å². The van der Waals surface area contributed by atoms with Crippen LogP contribution in [-0.4, -0.2) is 22.9 Å². The quantitative estimate of drug-likeness (QED) is 0.899. The van der Waals surface area contributed by atoms with Crippen molar-refractivity contribution in [1.29, 1.82) is 0 Å². The summed E-state index contributed by atoms with van der Waals surface area (Å²) in [6.45, 7) is 1.57. The molecule has 1 atom stereocenters. The Labute approximate surface area is 101 Å². The van der Waals surface area contributed by atoms with Gasteiger partial charge in [0.2, 0.25) is 0 Å². The lowest BCUT2D eigenvalue weighted by atomic mass is 9.95. The van der Waals surface area contributed by atoms with Gasteiger partial charge in [0, 0.05) is 0 Å². The molecule has 102 valence electrons. The fourth-order valence-corrected chi connectivity index (χ4v) is 1.46. The minimum absolute atomic E-state index is 0.0640. The molecule has 8 heteroatoms. The summed E-state index contributed by atoms with van der Waals surface area (Å²) < 4.78 is 46.5. The molecule has 1 aliphatic rings. The molecule has 2 rings (SSSR count). The van der Waals surface area contributed by atoms with Crippen LogP contribution >= 0.6 is 0 Å². The van der Waals surface area contributed by atoms with Gasteiger partial charge in [-0.15, -0.1) is 0 Å². The number of nitrogens with zero attached hydrogens (tertiary/aromatic N) is 2. The molecule has 1 unspecified atom stereocenters. The SMILES string of the molecule is CC(N)(COC1CCC1)c1noc(C(F)(F)F)n1. The fraction of sp³-hybridized carbons (Fsp3) is 0.800. The Hall–Kier alpha value is -1.15. The maximum absolute atomic E-state index is 12.3. The molecule has 1 aromatic heterocycles. The van der Waals surface area contributed by atoms with Crippen molar-refractivity contribution in [3.8, 4) is 0 Å². The average Bonchev–Trinajstić information content (AvgIpc) is 2.62. The zero-order chi connectivity index (χ0) is 13.4. The van der Waals surface area contributed by atoms with E-state index in [0.717, 1.165) is 19.3 Å². The summed E-state index contributed by atoms with van der Waals surface area (Å²) in [5.41, 5.74) is 4.65. The first-order valence-electron chi connectivity index (χ1n) is 5.61. The second kappa shape index (κ2) is 4.51. The summed E-state index contributed by atoms with van der Waals surface area (Å²) in [7, 11) is 0. The molecule has 0 radical (unpaired) electrons. The monoisotopic (exact) mass is 265 g/mol. The molecule has 0 aliphatic heterocycles. The highest BCUT2D eigenvalue weighted by molar-refractivity contribution is 5.03. The fourth-order valence-electron chi connectivity index (χ4n) is 1.46. The van der Waals surface area contributed by atoms with Gasteiger partial charge in [-0.1, -0.05) is 5.16 Å². The van der Waals surface area contributed by atoms with Crippen LogP contribution < -0.4 is 5.73 Å². The molecule has 0 spiro atoms. The molecule has 18 heavy (non-hydrogen) atoms. The Morgan fingerprint density at radius 2 is 2.11 bits per heavy atom. The van der Waals surface area contributed by atoms with Crippen LogP contribution in [0.15, 0.2) is 4.52 Å². The summed E-state index contributed by atoms with van der Waals surface area (Å²) in [6.07, 6.45) is -1.50. The zero-order valence-corrected chi connectivity index (χ0v) is 9.83. The number of hydrogen-bond acceptors (Lipinski definition) is 5. The first-order chi connectivity index (χ1) is 8.29. The number of alkyl halides is 3. The van der Waals surface area contributed by atoms with Crippen molar-refractivity contribution in [3.05, 3.63) is 11.7 Å². The van der Waals surface area contributed by atoms with Crippen LogP contribution in [0.4, 0.5) is 13.2 Å². The molecular formula is C10H14F3N3O2. The maximum atomic E-state index is 12.3. The van der Waals surface area contributed by atoms with E-state index in [-0.39, 0.29) is 18.5 Å². The Morgan fingerprint density at radius 3 is 2.56 bits per heavy atom. The van der Waals surface area contributed by atoms with Crippen molar-refractivity contribution in [2.24, 2.45) is 5.73 Å². The van der Waals surface area contributed by atoms with Crippen molar-refractivity contribution in [2.45, 2.75) is 44.0 Å². The third kappa shape index (κ3) is 2.81. The van der Waals surface area contributed by atoms with Crippen LogP contribution in [0.5, 0.6) is 0 Å². The van der Waals surface area contributed by atoms with Crippen LogP contribution in [-0.2, 0) is 16.5 Å². The minimum atomic E-state index is -4.66. The second-order valence-electron chi connectivity index (χ2n) is 4.70. The molecule has 1 heterocycles. The van der Waals surface area contributed by atoms with Crippen molar-refractivity contribution in [2.75, 3.05) is 6.61 Å². The summed E-state index contributed by atoms with van der Waals surface area (Å²) >= 11 is 0. The van der Waals surface area contributed by atoms with E-state index in [1.54, 1.807) is 0 Å². The normalized spacial score (nSPS) is 20.5. The molecule has 0 bridgehead atoms. The lowest BCUT2D eigenvalue weighted by Crippen LogP contribution is -2.41. The second-order valence-corrected chi connectivity index (χ2v) is 4.70. The first-order valence-corrected chi connectivity index (χ1v) is 5.61. The van der Waals surface area contributed by atoms with Crippen LogP contribution in [0.2, 0.25) is 0 Å². The molecule has 2 N–H and O–H groups in total. The first kappa shape index (κ1) is 13.3. The molecule has 0 amide bonds. The van der Waals surface area contributed by atoms with Gasteiger partial charge in [0.05, 0.1) is 12.7 Å². The molecule has 5 nitrogen and oxygen atoms in total. The molecular weight excluding hydrogens is 251 g/mol. The Bertz CT molecular complexity index is 413. The van der Waals surface area contributed by atoms with E-state index in [0.29, 0.717) is 0 Å². The number of aromatic nitrogens is 2. The third-order valence-corrected chi connectivity index (χ3v) is 2.85. The summed E-state index contributed by atoms with van der Waals surface area (Å²) in [4.78, 5) is 3.27. The van der Waals surface area contributed by atoms with Gasteiger partial charge < -0.3 is 15.0 Å². The van der Waals surface area contributed by atoms with E-state index in [4.69, 9.17) is 10.5 Å². The number of nitrogens with two attached hydrogens (primary N) is 1. The highest BCUT2D eigenvalue weighted by atomic mass is 19.4. The summed E-state index contributed by atoms with van der Waals surface area (Å²) in [5, 5.41) is 3.27. The zero-order valence-electron chi connectivity index (χ0n) is 9.83. The Balaban J connectivity index is 2.01. The molecule has 1 fully saturated rings. The van der Waals surface area contributed by atoms with Crippen LogP contribution in [0.1, 0.15) is 37.9 Å². The van der Waals surface area contributed by atoms with Gasteiger partial charge in [-0.2, -0.15) is 18.2 Å². The van der Waals surface area contributed by atoms with Crippen LogP contribution in [0.3, 0.4) is 0 Å². The highest BCUT2D eigenvalue weighted by Crippen LogP contribution is 2.29. The topological polar surface area (TPSA) is 74.2 Å². The predicted molar refractivity (Wildman–Crippen MR) is 54.4 cm³/mol. The van der Waals surface area contributed by atoms with Gasteiger partial charge in [-0.3, -0.25) is 0 Å². The van der Waals surface area contributed by atoms with Gasteiger partial charge in [0.1, 0.15) is 5.54 Å². The van der Waals surface area contributed by atoms with Crippen LogP contribution in [0.25, 0.3) is 0 Å². The smallest absolute Gasteiger partial charge is 0.376 e. The van der Waals surface area contributed by atoms with E-state index in [1.807, 2.05) is 0 Å². The molecule has 1 saturated carbocycles. The van der Waals surface area contributed by atoms with Crippen molar-refractivity contribution in [3.63, 3.8) is 0 Å². The van der Waals surface area contributed by atoms with Gasteiger partial charge in [-0.05, 0) is 26.2 Å². The third-order valence-electron chi connectivity index (χ3n) is 2.85. The molecule has 1 aliphatic carbocycles. The average molecular weight is 265 g/mol. The molecule has 0 saturated heterocycles. The number of ether oxygens (including phenoxy) is 1. The van der Waals surface area contributed by atoms with Crippen LogP contribution in [0, 0.1) is 0 Å². The Kier molecular flexibility index (Phi) is 3.33. The van der Waals surface area contributed by atoms with Crippen molar-refractivity contribution < 1.29 is 22.4 Å². The van der Waals surface area contributed by atoms with Gasteiger partial charge in [0.25, 0.3) is 0 Å². The predicted octanol–water partition coefficient (Wildman–Crippen LogP) is 1.83. The van der Waals surface area contributed by atoms with E-state index in [2.05, 4.69) is 14.7 Å². The van der Waals surface area contributed by atoms with Gasteiger partial charge in [0.15, 0.2) is 5.82 Å². The number of hydrogen-bond donors (Lipinski definition) is 1. The van der Waals surface area contributed by atoms with Crippen molar-refractivity contribution >= 4 is 0 Å². The van der Waals surface area contributed by atoms with E-state index in [1.165, 1.54) is 6.92 Å². The molecule has 1 aromatic rings. The summed E-state index contributed by atoms with van der Waals surface area (Å²) in [6, 6.07) is 0. The highest BCUT2D eigenvalue weighted by Gasteiger charge is 2.40. The maximum Gasteiger partial charge on any atom is 0.471 e. The molecule has 0 aromatic carbocycles. The lowest BCUT2D eigenvalue weighted by Gasteiger charge is -2.29. The Morgan fingerprint density at radius 1 is 1.44 bits per heavy atom. The minimum Gasteiger partial charge on any atom is -0.376 e. The number of rotatable bonds is 4. The number of halogens is 3. The summed E-state index contributed by atoms with van der Waals surface area (Å²) in [5.74, 6) is -1.59. The van der Waals surface area contributed by atoms with Crippen molar-refractivity contribution in [1.82, 2.24) is 10.1 Å². The van der Waals surface area contributed by atoms with Gasteiger partial charge in [-0.25, -0.2) is 0 Å². The van der Waals surface area contributed by atoms with Gasteiger partial charge >= 0.3 is 12.1 Å².